The highest BCUT2D eigenvalue weighted by Crippen LogP contribution is 2.51. The molecule has 3 heteroatoms. The third-order valence-corrected chi connectivity index (χ3v) is 6.10. The maximum absolute atomic E-state index is 6.26. The third-order valence-electron chi connectivity index (χ3n) is 3.02. The van der Waals surface area contributed by atoms with Crippen LogP contribution in [-0.4, -0.2) is 0 Å². The molecule has 0 amide bonds. The summed E-state index contributed by atoms with van der Waals surface area (Å²) in [6, 6.07) is 10.6. The van der Waals surface area contributed by atoms with Crippen LogP contribution < -0.4 is 0 Å². The molecule has 2 aromatic carbocycles. The topological polar surface area (TPSA) is 0 Å². The minimum absolute atomic E-state index is 0.869. The summed E-state index contributed by atoms with van der Waals surface area (Å²) in [5.74, 6) is 0. The zero-order valence-electron chi connectivity index (χ0n) is 9.58. The molecule has 3 rings (SSSR count). The summed E-state index contributed by atoms with van der Waals surface area (Å²) in [7, 11) is 0. The zero-order chi connectivity index (χ0) is 12.0. The maximum Gasteiger partial charge on any atom is 0.0449 e. The van der Waals surface area contributed by atoms with E-state index in [9.17, 15) is 0 Å². The van der Waals surface area contributed by atoms with Crippen LogP contribution in [-0.2, 0) is 0 Å². The Kier molecular flexibility index (Phi) is 2.89. The van der Waals surface area contributed by atoms with Crippen LogP contribution in [0.4, 0.5) is 0 Å². The first-order valence-corrected chi connectivity index (χ1v) is 7.42. The van der Waals surface area contributed by atoms with Crippen molar-refractivity contribution >= 4 is 35.1 Å². The Morgan fingerprint density at radius 1 is 0.882 bits per heavy atom. The van der Waals surface area contributed by atoms with Crippen molar-refractivity contribution in [2.24, 2.45) is 0 Å². The van der Waals surface area contributed by atoms with Crippen molar-refractivity contribution in [2.75, 3.05) is 0 Å². The molecule has 1 aliphatic heterocycles. The summed E-state index contributed by atoms with van der Waals surface area (Å²) in [6.45, 7) is 4.24. The van der Waals surface area contributed by atoms with Gasteiger partial charge in [-0.15, -0.1) is 0 Å². The van der Waals surface area contributed by atoms with Crippen molar-refractivity contribution in [3.8, 4) is 0 Å². The molecule has 1 aliphatic rings. The smallest absolute Gasteiger partial charge is 0.0449 e. The highest BCUT2D eigenvalue weighted by Gasteiger charge is 2.20. The average Bonchev–Trinajstić information content (AvgIpc) is 2.34. The van der Waals surface area contributed by atoms with Gasteiger partial charge in [0.2, 0.25) is 0 Å². The van der Waals surface area contributed by atoms with Crippen molar-refractivity contribution in [3.05, 3.63) is 46.5 Å². The summed E-state index contributed by atoms with van der Waals surface area (Å²) in [6.07, 6.45) is 0. The first-order valence-electron chi connectivity index (χ1n) is 5.41. The molecule has 0 aliphatic carbocycles. The lowest BCUT2D eigenvalue weighted by Crippen LogP contribution is -1.95. The molecule has 0 N–H and O–H groups in total. The Bertz CT molecular complexity index is 605. The van der Waals surface area contributed by atoms with Crippen molar-refractivity contribution in [2.45, 2.75) is 33.4 Å². The van der Waals surface area contributed by atoms with Crippen molar-refractivity contribution in [1.29, 1.82) is 0 Å². The number of fused-ring (bicyclic) bond motifs is 2. The van der Waals surface area contributed by atoms with E-state index in [0.717, 1.165) is 5.02 Å². The Morgan fingerprint density at radius 3 is 2.24 bits per heavy atom. The van der Waals surface area contributed by atoms with E-state index in [1.165, 1.54) is 30.7 Å². The minimum Gasteiger partial charge on any atom is -0.0877 e. The normalized spacial score (nSPS) is 13.1. The molecule has 0 spiro atoms. The molecule has 0 fully saturated rings. The number of halogens is 1. The van der Waals surface area contributed by atoms with E-state index >= 15 is 0 Å². The molecule has 0 saturated heterocycles. The lowest BCUT2D eigenvalue weighted by molar-refractivity contribution is 1.09. The Morgan fingerprint density at radius 2 is 1.53 bits per heavy atom. The minimum atomic E-state index is 0.869. The first kappa shape index (κ1) is 11.5. The summed E-state index contributed by atoms with van der Waals surface area (Å²) >= 11 is 9.92. The molecule has 2 aromatic rings. The molecule has 0 atom stereocenters. The summed E-state index contributed by atoms with van der Waals surface area (Å²) in [5.41, 5.74) is 2.50. The van der Waals surface area contributed by atoms with E-state index < -0.39 is 0 Å². The van der Waals surface area contributed by atoms with Gasteiger partial charge in [-0.2, -0.15) is 0 Å². The van der Waals surface area contributed by atoms with Gasteiger partial charge in [-0.1, -0.05) is 47.3 Å². The van der Waals surface area contributed by atoms with E-state index in [1.807, 2.05) is 23.5 Å². The van der Waals surface area contributed by atoms with Gasteiger partial charge < -0.3 is 0 Å². The molecule has 0 unspecified atom stereocenters. The molecule has 17 heavy (non-hydrogen) atoms. The molecular weight excluding hydrogens is 268 g/mol. The standard InChI is InChI=1S/C14H11ClS2/c1-8-9(2)14-13(7-10(8)15)16-11-5-3-4-6-12(11)17-14/h3-7H,1-2H3. The SMILES string of the molecule is Cc1c(Cl)cc2c(c1C)Sc1ccccc1S2. The third kappa shape index (κ3) is 1.88. The lowest BCUT2D eigenvalue weighted by Gasteiger charge is -2.21. The summed E-state index contributed by atoms with van der Waals surface area (Å²) in [5, 5.41) is 0.869. The van der Waals surface area contributed by atoms with E-state index in [-0.39, 0.29) is 0 Å². The Labute approximate surface area is 115 Å². The van der Waals surface area contributed by atoms with Gasteiger partial charge >= 0.3 is 0 Å². The fraction of sp³-hybridized carbons (Fsp3) is 0.143. The maximum atomic E-state index is 6.26. The van der Waals surface area contributed by atoms with Gasteiger partial charge in [0.15, 0.2) is 0 Å². The van der Waals surface area contributed by atoms with Crippen molar-refractivity contribution in [3.63, 3.8) is 0 Å². The van der Waals surface area contributed by atoms with Crippen LogP contribution in [0.15, 0.2) is 49.9 Å². The zero-order valence-corrected chi connectivity index (χ0v) is 12.0. The monoisotopic (exact) mass is 278 g/mol. The van der Waals surface area contributed by atoms with Gasteiger partial charge in [-0.25, -0.2) is 0 Å². The second kappa shape index (κ2) is 4.27. The largest absolute Gasteiger partial charge is 0.0877 e. The Balaban J connectivity index is 2.18. The van der Waals surface area contributed by atoms with Gasteiger partial charge in [0, 0.05) is 24.6 Å². The molecule has 86 valence electrons. The van der Waals surface area contributed by atoms with E-state index in [0.29, 0.717) is 0 Å². The van der Waals surface area contributed by atoms with Crippen LogP contribution in [0, 0.1) is 13.8 Å². The number of benzene rings is 2. The van der Waals surface area contributed by atoms with Crippen LogP contribution in [0.2, 0.25) is 5.02 Å². The molecular formula is C14H11ClS2. The number of rotatable bonds is 0. The second-order valence-corrected chi connectivity index (χ2v) is 6.63. The average molecular weight is 279 g/mol. The number of hydrogen-bond donors (Lipinski definition) is 0. The van der Waals surface area contributed by atoms with E-state index in [1.54, 1.807) is 0 Å². The second-order valence-electron chi connectivity index (χ2n) is 4.09. The van der Waals surface area contributed by atoms with Gasteiger partial charge in [0.05, 0.1) is 0 Å². The van der Waals surface area contributed by atoms with Gasteiger partial charge in [0.1, 0.15) is 0 Å². The predicted octanol–water partition coefficient (Wildman–Crippen LogP) is 5.57. The van der Waals surface area contributed by atoms with Crippen LogP contribution in [0.3, 0.4) is 0 Å². The van der Waals surface area contributed by atoms with E-state index in [2.05, 4.69) is 44.2 Å². The van der Waals surface area contributed by atoms with E-state index in [4.69, 9.17) is 11.6 Å². The van der Waals surface area contributed by atoms with Gasteiger partial charge in [-0.3, -0.25) is 0 Å². The highest BCUT2D eigenvalue weighted by molar-refractivity contribution is 8.05. The highest BCUT2D eigenvalue weighted by atomic mass is 35.5. The number of hydrogen-bond acceptors (Lipinski definition) is 2. The van der Waals surface area contributed by atoms with Crippen molar-refractivity contribution in [1.82, 2.24) is 0 Å². The molecule has 1 heterocycles. The molecule has 0 aromatic heterocycles. The first-order chi connectivity index (χ1) is 8.16. The van der Waals surface area contributed by atoms with Crippen LogP contribution in [0.25, 0.3) is 0 Å². The fourth-order valence-corrected chi connectivity index (χ4v) is 4.66. The Hall–Kier alpha value is -0.570. The molecule has 0 nitrogen and oxygen atoms in total. The van der Waals surface area contributed by atoms with Crippen LogP contribution >= 0.6 is 35.1 Å². The summed E-state index contributed by atoms with van der Waals surface area (Å²) in [4.78, 5) is 5.30. The molecule has 0 saturated carbocycles. The van der Waals surface area contributed by atoms with Crippen LogP contribution in [0.5, 0.6) is 0 Å². The van der Waals surface area contributed by atoms with Gasteiger partial charge in [0.25, 0.3) is 0 Å². The van der Waals surface area contributed by atoms with Gasteiger partial charge in [-0.05, 0) is 43.2 Å². The molecule has 0 bridgehead atoms. The fourth-order valence-electron chi connectivity index (χ4n) is 1.87. The van der Waals surface area contributed by atoms with Crippen molar-refractivity contribution < 1.29 is 0 Å². The quantitative estimate of drug-likeness (QED) is 0.527. The lowest BCUT2D eigenvalue weighted by atomic mass is 10.1. The summed E-state index contributed by atoms with van der Waals surface area (Å²) < 4.78 is 0. The van der Waals surface area contributed by atoms with Crippen LogP contribution in [0.1, 0.15) is 11.1 Å². The molecule has 0 radical (unpaired) electrons. The predicted molar refractivity (Wildman–Crippen MR) is 75.6 cm³/mol.